The van der Waals surface area contributed by atoms with E-state index >= 15 is 4.39 Å². The number of aryl methyl sites for hydroxylation is 1. The van der Waals surface area contributed by atoms with Crippen LogP contribution >= 0.6 is 0 Å². The van der Waals surface area contributed by atoms with E-state index in [9.17, 15) is 0 Å². The Morgan fingerprint density at radius 3 is 2.54 bits per heavy atom. The van der Waals surface area contributed by atoms with Crippen molar-refractivity contribution in [1.82, 2.24) is 19.4 Å². The third kappa shape index (κ3) is 6.23. The molecule has 0 aliphatic rings. The highest BCUT2D eigenvalue weighted by Gasteiger charge is 2.22. The zero-order valence-corrected chi connectivity index (χ0v) is 23.1. The molecule has 0 unspecified atom stereocenters. The van der Waals surface area contributed by atoms with Crippen molar-refractivity contribution >= 4 is 10.9 Å². The summed E-state index contributed by atoms with van der Waals surface area (Å²) in [6.07, 6.45) is 3.94. The largest absolute Gasteiger partial charge is 0.494 e. The molecule has 2 aromatic heterocycles. The summed E-state index contributed by atoms with van der Waals surface area (Å²) in [7, 11) is 0. The zero-order valence-electron chi connectivity index (χ0n) is 23.1. The lowest BCUT2D eigenvalue weighted by Crippen LogP contribution is -2.25. The molecule has 5 nitrogen and oxygen atoms in total. The first-order valence-corrected chi connectivity index (χ1v) is 13.9. The summed E-state index contributed by atoms with van der Waals surface area (Å²) in [5.74, 6) is 1.17. The second kappa shape index (κ2) is 12.3. The number of hydrogen-bond donors (Lipinski definition) is 1. The number of benzene rings is 3. The van der Waals surface area contributed by atoms with Crippen LogP contribution in [0.5, 0.6) is 5.75 Å². The number of hydrogen-bond acceptors (Lipinski definition) is 3. The lowest BCUT2D eigenvalue weighted by atomic mass is 10.1. The molecular formula is C33H37FN4O. The number of halogens is 1. The molecule has 6 heteroatoms. The third-order valence-electron chi connectivity index (χ3n) is 7.16. The van der Waals surface area contributed by atoms with Crippen molar-refractivity contribution in [2.24, 2.45) is 0 Å². The predicted octanol–water partition coefficient (Wildman–Crippen LogP) is 7.88. The van der Waals surface area contributed by atoms with Crippen LogP contribution in [0.4, 0.5) is 4.39 Å². The predicted molar refractivity (Wildman–Crippen MR) is 156 cm³/mol. The van der Waals surface area contributed by atoms with Crippen molar-refractivity contribution in [2.75, 3.05) is 6.61 Å². The first kappa shape index (κ1) is 26.7. The number of imidazole rings is 1. The molecule has 0 aliphatic carbocycles. The summed E-state index contributed by atoms with van der Waals surface area (Å²) >= 11 is 0. The first-order chi connectivity index (χ1) is 19.1. The fourth-order valence-electron chi connectivity index (χ4n) is 5.19. The smallest absolute Gasteiger partial charge is 0.235 e. The van der Waals surface area contributed by atoms with Gasteiger partial charge in [-0.1, -0.05) is 55.8 Å². The van der Waals surface area contributed by atoms with E-state index in [1.165, 1.54) is 10.9 Å². The quantitative estimate of drug-likeness (QED) is 0.181. The van der Waals surface area contributed by atoms with E-state index in [4.69, 9.17) is 4.74 Å². The van der Waals surface area contributed by atoms with Gasteiger partial charge >= 0.3 is 0 Å². The Morgan fingerprint density at radius 1 is 0.923 bits per heavy atom. The van der Waals surface area contributed by atoms with E-state index in [0.717, 1.165) is 47.3 Å². The summed E-state index contributed by atoms with van der Waals surface area (Å²) in [6, 6.07) is 24.8. The molecular weight excluding hydrogens is 487 g/mol. The van der Waals surface area contributed by atoms with Gasteiger partial charge in [-0.3, -0.25) is 4.90 Å². The highest BCUT2D eigenvalue weighted by Crippen LogP contribution is 2.28. The van der Waals surface area contributed by atoms with Gasteiger partial charge < -0.3 is 14.3 Å². The van der Waals surface area contributed by atoms with Crippen LogP contribution in [0.25, 0.3) is 22.3 Å². The average Bonchev–Trinajstić information content (AvgIpc) is 3.52. The van der Waals surface area contributed by atoms with Crippen LogP contribution in [0.15, 0.2) is 79.0 Å². The van der Waals surface area contributed by atoms with Crippen molar-refractivity contribution in [3.05, 3.63) is 107 Å². The number of nitrogens with zero attached hydrogens (tertiary/aromatic N) is 3. The maximum Gasteiger partial charge on any atom is 0.235 e. The van der Waals surface area contributed by atoms with Crippen molar-refractivity contribution in [1.29, 1.82) is 0 Å². The van der Waals surface area contributed by atoms with Crippen LogP contribution in [0, 0.1) is 12.9 Å². The van der Waals surface area contributed by atoms with Crippen molar-refractivity contribution in [2.45, 2.75) is 59.8 Å². The molecule has 202 valence electrons. The highest BCUT2D eigenvalue weighted by atomic mass is 19.1. The highest BCUT2D eigenvalue weighted by molar-refractivity contribution is 5.79. The summed E-state index contributed by atoms with van der Waals surface area (Å²) in [5, 5.41) is 1.17. The molecule has 5 rings (SSSR count). The number of aromatic nitrogens is 3. The van der Waals surface area contributed by atoms with Gasteiger partial charge in [-0.15, -0.1) is 0 Å². The lowest BCUT2D eigenvalue weighted by Gasteiger charge is -2.24. The maximum atomic E-state index is 15.7. The van der Waals surface area contributed by atoms with Crippen molar-refractivity contribution < 1.29 is 9.13 Å². The van der Waals surface area contributed by atoms with E-state index in [1.54, 1.807) is 0 Å². The summed E-state index contributed by atoms with van der Waals surface area (Å²) in [5.41, 5.74) is 6.13. The molecule has 0 aliphatic heterocycles. The monoisotopic (exact) mass is 524 g/mol. The normalized spacial score (nSPS) is 11.5. The number of aromatic amines is 1. The summed E-state index contributed by atoms with van der Waals surface area (Å²) in [4.78, 5) is 10.0. The summed E-state index contributed by atoms with van der Waals surface area (Å²) < 4.78 is 23.6. The van der Waals surface area contributed by atoms with Gasteiger partial charge in [-0.2, -0.15) is 9.37 Å². The maximum absolute atomic E-state index is 15.7. The molecule has 0 amide bonds. The molecule has 1 N–H and O–H groups in total. The van der Waals surface area contributed by atoms with E-state index in [-0.39, 0.29) is 0 Å². The van der Waals surface area contributed by atoms with Crippen LogP contribution in [-0.2, 0) is 26.2 Å². The van der Waals surface area contributed by atoms with Crippen molar-refractivity contribution in [3.8, 4) is 17.1 Å². The number of H-pyrrole nitrogens is 1. The minimum atomic E-state index is -0.390. The fraction of sp³-hybridized carbons (Fsp3) is 0.303. The van der Waals surface area contributed by atoms with Crippen molar-refractivity contribution in [3.63, 3.8) is 0 Å². The Kier molecular flexibility index (Phi) is 8.42. The zero-order chi connectivity index (χ0) is 27.2. The molecule has 0 spiro atoms. The van der Waals surface area contributed by atoms with Crippen LogP contribution < -0.4 is 4.74 Å². The molecule has 0 saturated heterocycles. The number of rotatable bonds is 12. The molecule has 39 heavy (non-hydrogen) atoms. The average molecular weight is 525 g/mol. The van der Waals surface area contributed by atoms with Gasteiger partial charge in [0.25, 0.3) is 0 Å². The van der Waals surface area contributed by atoms with Gasteiger partial charge in [0, 0.05) is 43.5 Å². The molecule has 0 radical (unpaired) electrons. The number of fused-ring (bicyclic) bond motifs is 1. The molecule has 3 aromatic carbocycles. The van der Waals surface area contributed by atoms with Gasteiger partial charge in [-0.05, 0) is 72.7 Å². The van der Waals surface area contributed by atoms with Gasteiger partial charge in [-0.25, -0.2) is 0 Å². The fourth-order valence-corrected chi connectivity index (χ4v) is 5.19. The van der Waals surface area contributed by atoms with Gasteiger partial charge in [0.2, 0.25) is 5.95 Å². The standard InChI is InChI=1S/C33H37FN4O/c1-4-6-18-38-31(32(34)36-33(38)29-13-8-7-10-24(29)3)23-37(21-25-11-9-12-28(20-25)39-5-2)22-26-14-15-30-27(19-26)16-17-35-30/h7-17,19-20,35H,4-6,18,21-23H2,1-3H3. The number of unbranched alkanes of at least 4 members (excludes halogenated alkanes) is 1. The molecule has 0 atom stereocenters. The van der Waals surface area contributed by atoms with Gasteiger partial charge in [0.05, 0.1) is 12.3 Å². The third-order valence-corrected chi connectivity index (χ3v) is 7.16. The number of nitrogens with one attached hydrogen (secondary N) is 1. The molecule has 2 heterocycles. The Labute approximate surface area is 230 Å². The molecule has 5 aromatic rings. The first-order valence-electron chi connectivity index (χ1n) is 13.9. The van der Waals surface area contributed by atoms with E-state index < -0.39 is 5.95 Å². The Hall–Kier alpha value is -3.90. The van der Waals surface area contributed by atoms with Gasteiger partial charge in [0.1, 0.15) is 11.6 Å². The van der Waals surface area contributed by atoms with E-state index in [2.05, 4.69) is 75.7 Å². The number of ether oxygens (including phenoxy) is 1. The Balaban J connectivity index is 1.51. The topological polar surface area (TPSA) is 46.1 Å². The van der Waals surface area contributed by atoms with Crippen LogP contribution in [-0.4, -0.2) is 26.0 Å². The Morgan fingerprint density at radius 2 is 1.74 bits per heavy atom. The van der Waals surface area contributed by atoms with Crippen LogP contribution in [0.1, 0.15) is 49.1 Å². The summed E-state index contributed by atoms with van der Waals surface area (Å²) in [6.45, 7) is 9.33. The lowest BCUT2D eigenvalue weighted by molar-refractivity contribution is 0.236. The minimum absolute atomic E-state index is 0.390. The second-order valence-electron chi connectivity index (χ2n) is 10.1. The van der Waals surface area contributed by atoms with Crippen LogP contribution in [0.2, 0.25) is 0 Å². The molecule has 0 bridgehead atoms. The molecule has 0 fully saturated rings. The van der Waals surface area contributed by atoms with E-state index in [1.807, 2.05) is 43.5 Å². The van der Waals surface area contributed by atoms with E-state index in [0.29, 0.717) is 37.8 Å². The minimum Gasteiger partial charge on any atom is -0.494 e. The van der Waals surface area contributed by atoms with Gasteiger partial charge in [0.15, 0.2) is 0 Å². The molecule has 0 saturated carbocycles. The Bertz CT molecular complexity index is 1540. The SMILES string of the molecule is CCCCn1c(-c2ccccc2C)nc(F)c1CN(Cc1cccc(OCC)c1)Cc1ccc2[nH]ccc2c1. The van der Waals surface area contributed by atoms with Crippen LogP contribution in [0.3, 0.4) is 0 Å². The second-order valence-corrected chi connectivity index (χ2v) is 10.1.